The molecule has 37 heavy (non-hydrogen) atoms. The highest BCUT2D eigenvalue weighted by Crippen LogP contribution is 2.39. The predicted molar refractivity (Wildman–Crippen MR) is 145 cm³/mol. The Morgan fingerprint density at radius 2 is 1.68 bits per heavy atom. The van der Waals surface area contributed by atoms with Gasteiger partial charge < -0.3 is 25.6 Å². The maximum Gasteiger partial charge on any atom is 0.407 e. The van der Waals surface area contributed by atoms with E-state index in [2.05, 4.69) is 28.9 Å². The van der Waals surface area contributed by atoms with E-state index in [1.54, 1.807) is 0 Å². The van der Waals surface area contributed by atoms with Crippen molar-refractivity contribution in [3.63, 3.8) is 0 Å². The predicted octanol–water partition coefficient (Wildman–Crippen LogP) is 5.16. The first-order valence-corrected chi connectivity index (χ1v) is 13.1. The van der Waals surface area contributed by atoms with Crippen LogP contribution in [0.4, 0.5) is 16.2 Å². The van der Waals surface area contributed by atoms with Gasteiger partial charge in [-0.1, -0.05) is 25.1 Å². The van der Waals surface area contributed by atoms with E-state index in [9.17, 15) is 14.4 Å². The number of hydrogen-bond donors (Lipinski definition) is 3. The average Bonchev–Trinajstić information content (AvgIpc) is 2.81. The third-order valence-corrected chi connectivity index (χ3v) is 6.83. The zero-order chi connectivity index (χ0) is 26.7. The van der Waals surface area contributed by atoms with Gasteiger partial charge in [0.25, 0.3) is 5.91 Å². The molecule has 0 spiro atoms. The van der Waals surface area contributed by atoms with E-state index in [1.807, 2.05) is 75.1 Å². The molecule has 2 atom stereocenters. The number of nitrogens with zero attached hydrogens (tertiary/aromatic N) is 1. The van der Waals surface area contributed by atoms with Crippen LogP contribution in [0.25, 0.3) is 0 Å². The fraction of sp³-hybridized carbons (Fsp3) is 0.483. The van der Waals surface area contributed by atoms with Gasteiger partial charge in [-0.25, -0.2) is 4.79 Å². The van der Waals surface area contributed by atoms with E-state index in [1.165, 1.54) is 0 Å². The van der Waals surface area contributed by atoms with Crippen LogP contribution in [0.5, 0.6) is 0 Å². The standard InChI is InChI=1S/C29H38N4O4/c1-6-26(34)33-18(2)15-24(23-9-7-8-10-25(23)33)30-20-13-11-19(12-14-20)27(35)31-21-16-22(17-21)37-28(36)32-29(3,4)5/h7-14,18,21-22,24,30H,6,15-17H2,1-5H3,(H,31,35)(H,32,36)/t18-,21?,22?,24+/m0/s1. The minimum Gasteiger partial charge on any atom is -0.446 e. The van der Waals surface area contributed by atoms with Crippen LogP contribution in [0, 0.1) is 0 Å². The molecule has 198 valence electrons. The second-order valence-corrected chi connectivity index (χ2v) is 11.1. The SMILES string of the molecule is CCC(=O)N1c2ccccc2[C@H](Nc2ccc(C(=O)NC3CC(OC(=O)NC(C)(C)C)C3)cc2)C[C@@H]1C. The smallest absolute Gasteiger partial charge is 0.407 e. The van der Waals surface area contributed by atoms with Crippen LogP contribution in [0.2, 0.25) is 0 Å². The molecule has 1 heterocycles. The van der Waals surface area contributed by atoms with Gasteiger partial charge in [-0.2, -0.15) is 0 Å². The molecule has 3 amide bonds. The monoisotopic (exact) mass is 506 g/mol. The molecule has 1 saturated carbocycles. The van der Waals surface area contributed by atoms with Crippen LogP contribution < -0.4 is 20.9 Å². The number of carbonyl (C=O) groups is 3. The Morgan fingerprint density at radius 3 is 2.32 bits per heavy atom. The van der Waals surface area contributed by atoms with Crippen molar-refractivity contribution in [3.05, 3.63) is 59.7 Å². The fourth-order valence-corrected chi connectivity index (χ4v) is 4.95. The van der Waals surface area contributed by atoms with Crippen molar-refractivity contribution >= 4 is 29.3 Å². The summed E-state index contributed by atoms with van der Waals surface area (Å²) in [4.78, 5) is 39.1. The lowest BCUT2D eigenvalue weighted by atomic mass is 9.89. The number of fused-ring (bicyclic) bond motifs is 1. The molecule has 2 aromatic rings. The molecule has 1 aliphatic carbocycles. The Kier molecular flexibility index (Phi) is 7.76. The molecule has 0 saturated heterocycles. The highest BCUT2D eigenvalue weighted by molar-refractivity contribution is 5.96. The van der Waals surface area contributed by atoms with Crippen molar-refractivity contribution in [2.75, 3.05) is 10.2 Å². The Bertz CT molecular complexity index is 1140. The molecule has 2 aromatic carbocycles. The maximum absolute atomic E-state index is 12.7. The molecule has 2 aliphatic rings. The van der Waals surface area contributed by atoms with Crippen molar-refractivity contribution in [1.29, 1.82) is 0 Å². The molecular formula is C29H38N4O4. The van der Waals surface area contributed by atoms with Gasteiger partial charge in [-0.3, -0.25) is 9.59 Å². The summed E-state index contributed by atoms with van der Waals surface area (Å²) in [6.07, 6.45) is 1.89. The number of hydrogen-bond acceptors (Lipinski definition) is 5. The van der Waals surface area contributed by atoms with Crippen LogP contribution in [0.15, 0.2) is 48.5 Å². The molecule has 8 nitrogen and oxygen atoms in total. The molecule has 4 rings (SSSR count). The minimum absolute atomic E-state index is 0.00765. The number of alkyl carbamates (subject to hydrolysis) is 1. The van der Waals surface area contributed by atoms with E-state index < -0.39 is 6.09 Å². The molecule has 3 N–H and O–H groups in total. The first-order chi connectivity index (χ1) is 17.5. The lowest BCUT2D eigenvalue weighted by Gasteiger charge is -2.40. The summed E-state index contributed by atoms with van der Waals surface area (Å²) in [5.74, 6) is -0.00854. The van der Waals surface area contributed by atoms with E-state index in [0.29, 0.717) is 24.8 Å². The summed E-state index contributed by atoms with van der Waals surface area (Å²) in [6.45, 7) is 9.67. The van der Waals surface area contributed by atoms with Gasteiger partial charge in [-0.15, -0.1) is 0 Å². The number of rotatable bonds is 6. The van der Waals surface area contributed by atoms with E-state index in [0.717, 1.165) is 23.4 Å². The van der Waals surface area contributed by atoms with Crippen molar-refractivity contribution in [2.24, 2.45) is 0 Å². The third-order valence-electron chi connectivity index (χ3n) is 6.83. The van der Waals surface area contributed by atoms with Crippen molar-refractivity contribution < 1.29 is 19.1 Å². The van der Waals surface area contributed by atoms with Crippen molar-refractivity contribution in [2.45, 2.75) is 90.1 Å². The molecule has 0 aromatic heterocycles. The van der Waals surface area contributed by atoms with Gasteiger partial charge in [0.2, 0.25) is 5.91 Å². The lowest BCUT2D eigenvalue weighted by molar-refractivity contribution is -0.118. The molecular weight excluding hydrogens is 468 g/mol. The Morgan fingerprint density at radius 1 is 1.00 bits per heavy atom. The quantitative estimate of drug-likeness (QED) is 0.503. The van der Waals surface area contributed by atoms with Crippen LogP contribution in [0.3, 0.4) is 0 Å². The maximum atomic E-state index is 12.7. The number of amides is 3. The highest BCUT2D eigenvalue weighted by atomic mass is 16.6. The van der Waals surface area contributed by atoms with Gasteiger partial charge in [0.1, 0.15) is 6.10 Å². The van der Waals surface area contributed by atoms with E-state index >= 15 is 0 Å². The number of nitrogens with one attached hydrogen (secondary N) is 3. The summed E-state index contributed by atoms with van der Waals surface area (Å²) >= 11 is 0. The second kappa shape index (κ2) is 10.8. The summed E-state index contributed by atoms with van der Waals surface area (Å²) in [7, 11) is 0. The second-order valence-electron chi connectivity index (χ2n) is 11.1. The largest absolute Gasteiger partial charge is 0.446 e. The minimum atomic E-state index is -0.426. The van der Waals surface area contributed by atoms with Gasteiger partial charge in [0.15, 0.2) is 0 Å². The van der Waals surface area contributed by atoms with Gasteiger partial charge in [-0.05, 0) is 70.0 Å². The summed E-state index contributed by atoms with van der Waals surface area (Å²) in [6, 6.07) is 15.6. The topological polar surface area (TPSA) is 99.8 Å². The zero-order valence-corrected chi connectivity index (χ0v) is 22.3. The van der Waals surface area contributed by atoms with Crippen molar-refractivity contribution in [3.8, 4) is 0 Å². The first kappa shape index (κ1) is 26.5. The molecule has 0 radical (unpaired) electrons. The first-order valence-electron chi connectivity index (χ1n) is 13.1. The zero-order valence-electron chi connectivity index (χ0n) is 22.3. The molecule has 1 fully saturated rings. The Labute approximate surface area is 219 Å². The van der Waals surface area contributed by atoms with Gasteiger partial charge in [0.05, 0.1) is 6.04 Å². The number of carbonyl (C=O) groups excluding carboxylic acids is 3. The average molecular weight is 507 g/mol. The van der Waals surface area contributed by atoms with Crippen LogP contribution in [-0.4, -0.2) is 41.6 Å². The number of ether oxygens (including phenoxy) is 1. The number of benzene rings is 2. The summed E-state index contributed by atoms with van der Waals surface area (Å²) in [5.41, 5.74) is 3.21. The summed E-state index contributed by atoms with van der Waals surface area (Å²) in [5, 5.41) is 9.39. The molecule has 8 heteroatoms. The van der Waals surface area contributed by atoms with Crippen LogP contribution >= 0.6 is 0 Å². The van der Waals surface area contributed by atoms with Gasteiger partial charge in [0, 0.05) is 53.8 Å². The van der Waals surface area contributed by atoms with Crippen molar-refractivity contribution in [1.82, 2.24) is 10.6 Å². The Balaban J connectivity index is 1.31. The molecule has 1 aliphatic heterocycles. The normalized spacial score (nSPS) is 22.8. The summed E-state index contributed by atoms with van der Waals surface area (Å²) < 4.78 is 5.40. The molecule has 0 unspecified atom stereocenters. The van der Waals surface area contributed by atoms with Gasteiger partial charge >= 0.3 is 6.09 Å². The number of anilines is 2. The van der Waals surface area contributed by atoms with E-state index in [4.69, 9.17) is 4.74 Å². The number of para-hydroxylation sites is 1. The fourth-order valence-electron chi connectivity index (χ4n) is 4.95. The third kappa shape index (κ3) is 6.42. The highest BCUT2D eigenvalue weighted by Gasteiger charge is 2.35. The van der Waals surface area contributed by atoms with Crippen LogP contribution in [-0.2, 0) is 9.53 Å². The lowest BCUT2D eigenvalue weighted by Crippen LogP contribution is -2.50. The van der Waals surface area contributed by atoms with E-state index in [-0.39, 0.29) is 41.6 Å². The molecule has 0 bridgehead atoms. The Hall–Kier alpha value is -3.55. The van der Waals surface area contributed by atoms with Crippen LogP contribution in [0.1, 0.15) is 82.3 Å².